The van der Waals surface area contributed by atoms with Gasteiger partial charge in [-0.3, -0.25) is 9.59 Å². The van der Waals surface area contributed by atoms with Crippen molar-refractivity contribution >= 4 is 36.6 Å². The Balaban J connectivity index is 0. The van der Waals surface area contributed by atoms with Gasteiger partial charge < -0.3 is 20.9 Å². The molecule has 1 aromatic rings. The summed E-state index contributed by atoms with van der Waals surface area (Å²) in [4.78, 5) is 26.9. The van der Waals surface area contributed by atoms with Gasteiger partial charge in [-0.2, -0.15) is 0 Å². The van der Waals surface area contributed by atoms with E-state index in [4.69, 9.17) is 5.73 Å². The number of amides is 2. The van der Waals surface area contributed by atoms with Crippen LogP contribution in [0.4, 0.5) is 0 Å². The highest BCUT2D eigenvalue weighted by molar-refractivity contribution is 5.87. The Morgan fingerprint density at radius 2 is 1.95 bits per heavy atom. The number of nitrogens with zero attached hydrogens (tertiary/aromatic N) is 2. The minimum atomic E-state index is -0.584. The average molecular weight is 340 g/mol. The molecule has 0 saturated carbocycles. The van der Waals surface area contributed by atoms with Crippen molar-refractivity contribution in [3.05, 3.63) is 18.7 Å². The predicted molar refractivity (Wildman–Crippen MR) is 85.6 cm³/mol. The summed E-state index contributed by atoms with van der Waals surface area (Å²) in [6.45, 7) is 4.79. The highest BCUT2D eigenvalue weighted by Crippen LogP contribution is 1.97. The topological polar surface area (TPSA) is 102 Å². The largest absolute Gasteiger partial charge is 0.353 e. The smallest absolute Gasteiger partial charge is 0.239 e. The van der Waals surface area contributed by atoms with E-state index in [0.29, 0.717) is 13.1 Å². The molecule has 1 atom stereocenters. The van der Waals surface area contributed by atoms with Gasteiger partial charge in [-0.15, -0.1) is 24.8 Å². The molecule has 122 valence electrons. The van der Waals surface area contributed by atoms with Crippen molar-refractivity contribution in [2.45, 2.75) is 26.4 Å². The highest BCUT2D eigenvalue weighted by Gasteiger charge is 2.17. The van der Waals surface area contributed by atoms with E-state index in [9.17, 15) is 9.59 Å². The summed E-state index contributed by atoms with van der Waals surface area (Å²) < 4.78 is 1.85. The van der Waals surface area contributed by atoms with Crippen molar-refractivity contribution in [1.82, 2.24) is 20.2 Å². The minimum Gasteiger partial charge on any atom is -0.353 e. The van der Waals surface area contributed by atoms with E-state index in [1.54, 1.807) is 12.5 Å². The maximum atomic E-state index is 11.5. The van der Waals surface area contributed by atoms with Crippen LogP contribution in [0.15, 0.2) is 18.7 Å². The Bertz CT molecular complexity index is 412. The van der Waals surface area contributed by atoms with Gasteiger partial charge in [-0.25, -0.2) is 4.98 Å². The minimum absolute atomic E-state index is 0. The molecular weight excluding hydrogens is 317 g/mol. The third-order valence-corrected chi connectivity index (χ3v) is 2.70. The molecule has 1 heterocycles. The number of carbonyl (C=O) groups excluding carboxylic acids is 2. The molecule has 0 aliphatic carbocycles. The molecule has 7 nitrogen and oxygen atoms in total. The van der Waals surface area contributed by atoms with Gasteiger partial charge >= 0.3 is 0 Å². The summed E-state index contributed by atoms with van der Waals surface area (Å²) in [5.74, 6) is -0.492. The van der Waals surface area contributed by atoms with E-state index in [1.807, 2.05) is 24.6 Å². The van der Waals surface area contributed by atoms with Crippen LogP contribution in [0, 0.1) is 5.92 Å². The summed E-state index contributed by atoms with van der Waals surface area (Å²) in [7, 11) is 0. The number of hydrogen-bond donors (Lipinski definition) is 3. The molecule has 0 bridgehead atoms. The Labute approximate surface area is 136 Å². The molecule has 0 aliphatic heterocycles. The lowest BCUT2D eigenvalue weighted by Crippen LogP contribution is -2.47. The standard InChI is InChI=1S/C12H21N5O2.2ClH/c1-9(2)11(13)12(19)16-7-10(18)15-4-6-17-5-3-14-8-17;;/h3,5,8-9,11H,4,6-7,13H2,1-2H3,(H,15,18)(H,16,19);2*1H/t11-;;/m0../s1. The molecule has 0 radical (unpaired) electrons. The first-order valence-electron chi connectivity index (χ1n) is 6.26. The molecule has 0 aromatic carbocycles. The summed E-state index contributed by atoms with van der Waals surface area (Å²) >= 11 is 0. The second-order valence-electron chi connectivity index (χ2n) is 4.64. The fourth-order valence-corrected chi connectivity index (χ4v) is 1.39. The van der Waals surface area contributed by atoms with Gasteiger partial charge in [0.15, 0.2) is 0 Å². The number of rotatable bonds is 7. The van der Waals surface area contributed by atoms with Crippen molar-refractivity contribution in [3.63, 3.8) is 0 Å². The van der Waals surface area contributed by atoms with Gasteiger partial charge in [-0.1, -0.05) is 13.8 Å². The zero-order valence-corrected chi connectivity index (χ0v) is 13.7. The first-order valence-corrected chi connectivity index (χ1v) is 6.26. The van der Waals surface area contributed by atoms with Crippen molar-refractivity contribution in [3.8, 4) is 0 Å². The number of carbonyl (C=O) groups is 2. The third-order valence-electron chi connectivity index (χ3n) is 2.70. The van der Waals surface area contributed by atoms with E-state index in [2.05, 4.69) is 15.6 Å². The maximum Gasteiger partial charge on any atom is 0.239 e. The van der Waals surface area contributed by atoms with E-state index in [0.717, 1.165) is 0 Å². The highest BCUT2D eigenvalue weighted by atomic mass is 35.5. The van der Waals surface area contributed by atoms with E-state index >= 15 is 0 Å². The summed E-state index contributed by atoms with van der Waals surface area (Å²) in [5.41, 5.74) is 5.66. The molecule has 2 amide bonds. The van der Waals surface area contributed by atoms with E-state index in [1.165, 1.54) is 0 Å². The molecular formula is C12H23Cl2N5O2. The number of imidazole rings is 1. The maximum absolute atomic E-state index is 11.5. The number of aromatic nitrogens is 2. The molecule has 4 N–H and O–H groups in total. The Kier molecular flexibility index (Phi) is 11.9. The molecule has 0 spiro atoms. The van der Waals surface area contributed by atoms with Crippen LogP contribution in [0.1, 0.15) is 13.8 Å². The zero-order valence-electron chi connectivity index (χ0n) is 12.1. The van der Waals surface area contributed by atoms with Crippen molar-refractivity contribution < 1.29 is 9.59 Å². The van der Waals surface area contributed by atoms with Gasteiger partial charge in [0, 0.05) is 25.5 Å². The molecule has 1 aromatic heterocycles. The molecule has 1 rings (SSSR count). The lowest BCUT2D eigenvalue weighted by Gasteiger charge is -2.15. The molecule has 0 aliphatic rings. The van der Waals surface area contributed by atoms with Gasteiger partial charge in [0.1, 0.15) is 0 Å². The number of halogens is 2. The third kappa shape index (κ3) is 8.54. The Morgan fingerprint density at radius 3 is 2.48 bits per heavy atom. The number of nitrogens with two attached hydrogens (primary N) is 1. The van der Waals surface area contributed by atoms with Crippen LogP contribution in [0.3, 0.4) is 0 Å². The van der Waals surface area contributed by atoms with E-state index < -0.39 is 6.04 Å². The van der Waals surface area contributed by atoms with Gasteiger partial charge in [0.25, 0.3) is 0 Å². The quantitative estimate of drug-likeness (QED) is 0.647. The molecule has 21 heavy (non-hydrogen) atoms. The Hall–Kier alpha value is -1.31. The Morgan fingerprint density at radius 1 is 1.29 bits per heavy atom. The lowest BCUT2D eigenvalue weighted by molar-refractivity contribution is -0.127. The van der Waals surface area contributed by atoms with Crippen LogP contribution in [0.5, 0.6) is 0 Å². The van der Waals surface area contributed by atoms with Crippen LogP contribution < -0.4 is 16.4 Å². The zero-order chi connectivity index (χ0) is 14.3. The van der Waals surface area contributed by atoms with Crippen LogP contribution in [0.2, 0.25) is 0 Å². The number of hydrogen-bond acceptors (Lipinski definition) is 4. The van der Waals surface area contributed by atoms with Gasteiger partial charge in [0.05, 0.1) is 18.9 Å². The normalized spacial score (nSPS) is 11.0. The average Bonchev–Trinajstić information content (AvgIpc) is 2.88. The van der Waals surface area contributed by atoms with Gasteiger partial charge in [-0.05, 0) is 5.92 Å². The van der Waals surface area contributed by atoms with Crippen LogP contribution in [0.25, 0.3) is 0 Å². The first-order chi connectivity index (χ1) is 9.00. The molecule has 9 heteroatoms. The van der Waals surface area contributed by atoms with Crippen LogP contribution in [-0.2, 0) is 16.1 Å². The SMILES string of the molecule is CC(C)[C@H](N)C(=O)NCC(=O)NCCn1ccnc1.Cl.Cl. The number of nitrogens with one attached hydrogen (secondary N) is 2. The van der Waals surface area contributed by atoms with E-state index in [-0.39, 0.29) is 49.1 Å². The first kappa shape index (κ1) is 22.0. The molecule has 0 fully saturated rings. The predicted octanol–water partition coefficient (Wildman–Crippen LogP) is -0.0576. The van der Waals surface area contributed by atoms with Crippen molar-refractivity contribution in [2.24, 2.45) is 11.7 Å². The molecule has 0 unspecified atom stereocenters. The van der Waals surface area contributed by atoms with Crippen molar-refractivity contribution in [2.75, 3.05) is 13.1 Å². The summed E-state index contributed by atoms with van der Waals surface area (Å²) in [6, 6.07) is -0.584. The fourth-order valence-electron chi connectivity index (χ4n) is 1.39. The van der Waals surface area contributed by atoms with Crippen LogP contribution >= 0.6 is 24.8 Å². The fraction of sp³-hybridized carbons (Fsp3) is 0.583. The lowest BCUT2D eigenvalue weighted by atomic mass is 10.1. The molecule has 0 saturated heterocycles. The van der Waals surface area contributed by atoms with Crippen LogP contribution in [-0.4, -0.2) is 40.5 Å². The second-order valence-corrected chi connectivity index (χ2v) is 4.64. The monoisotopic (exact) mass is 339 g/mol. The second kappa shape index (κ2) is 11.4. The van der Waals surface area contributed by atoms with Crippen molar-refractivity contribution in [1.29, 1.82) is 0 Å². The summed E-state index contributed by atoms with van der Waals surface area (Å²) in [5, 5.41) is 5.21. The van der Waals surface area contributed by atoms with Gasteiger partial charge in [0.2, 0.25) is 11.8 Å². The summed E-state index contributed by atoms with van der Waals surface area (Å²) in [6.07, 6.45) is 5.17.